The molecule has 2 atom stereocenters. The third-order valence-electron chi connectivity index (χ3n) is 3.58. The second-order valence-electron chi connectivity index (χ2n) is 6.64. The number of alkyl halides is 1. The molecule has 132 valence electrons. The molecule has 0 aliphatic carbocycles. The van der Waals surface area contributed by atoms with Crippen molar-refractivity contribution in [2.24, 2.45) is 0 Å². The smallest absolute Gasteiger partial charge is 0.410 e. The number of rotatable bonds is 3. The first-order valence-corrected chi connectivity index (χ1v) is 7.48. The summed E-state index contributed by atoms with van der Waals surface area (Å²) in [5.74, 6) is -0.816. The third kappa shape index (κ3) is 4.09. The van der Waals surface area contributed by atoms with Crippen LogP contribution in [-0.2, 0) is 4.74 Å². The van der Waals surface area contributed by atoms with E-state index < -0.39 is 29.9 Å². The molecule has 0 radical (unpaired) electrons. The molecule has 24 heavy (non-hydrogen) atoms. The summed E-state index contributed by atoms with van der Waals surface area (Å²) in [6.07, 6.45) is 0.537. The quantitative estimate of drug-likeness (QED) is 0.892. The van der Waals surface area contributed by atoms with E-state index in [9.17, 15) is 14.0 Å². The number of carboxylic acids is 1. The minimum absolute atomic E-state index is 0.0406. The molecule has 1 fully saturated rings. The molecule has 0 bridgehead atoms. The maximum Gasteiger partial charge on any atom is 0.410 e. The normalized spacial score (nSPS) is 20.8. The first kappa shape index (κ1) is 17.9. The lowest BCUT2D eigenvalue weighted by molar-refractivity contribution is 0.0183. The number of aromatic nitrogens is 2. The van der Waals surface area contributed by atoms with Gasteiger partial charge in [-0.05, 0) is 20.8 Å². The van der Waals surface area contributed by atoms with E-state index in [0.717, 1.165) is 6.20 Å². The van der Waals surface area contributed by atoms with Gasteiger partial charge in [-0.1, -0.05) is 0 Å². The third-order valence-corrected chi connectivity index (χ3v) is 3.58. The van der Waals surface area contributed by atoms with E-state index in [2.05, 4.69) is 9.97 Å². The minimum atomic E-state index is -1.27. The summed E-state index contributed by atoms with van der Waals surface area (Å²) < 4.78 is 19.6. The van der Waals surface area contributed by atoms with Crippen molar-refractivity contribution in [1.82, 2.24) is 14.9 Å². The number of ether oxygens (including phenoxy) is 1. The molecular formula is C15H21FN4O4. The van der Waals surface area contributed by atoms with E-state index >= 15 is 0 Å². The highest BCUT2D eigenvalue weighted by Crippen LogP contribution is 2.24. The molecule has 1 aliphatic rings. The first-order chi connectivity index (χ1) is 11.1. The molecule has 2 heterocycles. The predicted octanol–water partition coefficient (Wildman–Crippen LogP) is 1.57. The standard InChI is InChI=1S/C15H21FN4O4/c1-15(2,3)24-14(23)19(4)11-8-20(7-9(11)16)12-6-17-10(5-18-12)13(21)22/h5-6,9,11H,7-8H2,1-4H3,(H,21,22)/t9-,11+/m0/s1. The SMILES string of the molecule is CN(C(=O)OC(C)(C)C)[C@@H]1CN(c2cnc(C(=O)O)cn2)C[C@@H]1F. The summed E-state index contributed by atoms with van der Waals surface area (Å²) in [5.41, 5.74) is -0.842. The van der Waals surface area contributed by atoms with Crippen molar-refractivity contribution >= 4 is 17.9 Å². The van der Waals surface area contributed by atoms with E-state index in [1.54, 1.807) is 25.7 Å². The summed E-state index contributed by atoms with van der Waals surface area (Å²) in [6.45, 7) is 5.49. The van der Waals surface area contributed by atoms with Crippen LogP contribution < -0.4 is 4.90 Å². The molecule has 1 amide bonds. The monoisotopic (exact) mass is 340 g/mol. The Hall–Kier alpha value is -2.45. The van der Waals surface area contributed by atoms with Crippen LogP contribution in [0.3, 0.4) is 0 Å². The van der Waals surface area contributed by atoms with Crippen molar-refractivity contribution < 1.29 is 23.8 Å². The highest BCUT2D eigenvalue weighted by Gasteiger charge is 2.39. The van der Waals surface area contributed by atoms with E-state index in [1.165, 1.54) is 18.1 Å². The predicted molar refractivity (Wildman–Crippen MR) is 83.9 cm³/mol. The number of carbonyl (C=O) groups excluding carboxylic acids is 1. The molecule has 0 saturated carbocycles. The van der Waals surface area contributed by atoms with Gasteiger partial charge in [-0.15, -0.1) is 0 Å². The fourth-order valence-corrected chi connectivity index (χ4v) is 2.36. The van der Waals surface area contributed by atoms with Crippen LogP contribution >= 0.6 is 0 Å². The number of carboxylic acid groups (broad SMARTS) is 1. The van der Waals surface area contributed by atoms with Crippen LogP contribution in [0.2, 0.25) is 0 Å². The van der Waals surface area contributed by atoms with Crippen molar-refractivity contribution in [2.45, 2.75) is 38.6 Å². The van der Waals surface area contributed by atoms with Crippen molar-refractivity contribution in [3.63, 3.8) is 0 Å². The van der Waals surface area contributed by atoms with Gasteiger partial charge in [0, 0.05) is 13.6 Å². The van der Waals surface area contributed by atoms with Gasteiger partial charge < -0.3 is 19.6 Å². The largest absolute Gasteiger partial charge is 0.476 e. The van der Waals surface area contributed by atoms with E-state index in [4.69, 9.17) is 9.84 Å². The lowest BCUT2D eigenvalue weighted by atomic mass is 10.2. The van der Waals surface area contributed by atoms with Gasteiger partial charge in [-0.3, -0.25) is 0 Å². The zero-order chi connectivity index (χ0) is 18.1. The molecule has 0 unspecified atom stereocenters. The van der Waals surface area contributed by atoms with Crippen molar-refractivity contribution in [1.29, 1.82) is 0 Å². The van der Waals surface area contributed by atoms with Crippen LogP contribution in [-0.4, -0.2) is 70.0 Å². The number of anilines is 1. The van der Waals surface area contributed by atoms with Crippen LogP contribution in [0.1, 0.15) is 31.3 Å². The Morgan fingerprint density at radius 2 is 2.00 bits per heavy atom. The minimum Gasteiger partial charge on any atom is -0.476 e. The molecule has 9 heteroatoms. The molecule has 1 aromatic rings. The second-order valence-corrected chi connectivity index (χ2v) is 6.64. The number of carbonyl (C=O) groups is 2. The number of hydrogen-bond donors (Lipinski definition) is 1. The van der Waals surface area contributed by atoms with Crippen LogP contribution in [0.25, 0.3) is 0 Å². The topological polar surface area (TPSA) is 95.9 Å². The van der Waals surface area contributed by atoms with Gasteiger partial charge in [0.15, 0.2) is 5.69 Å². The number of aromatic carboxylic acids is 1. The number of likely N-dealkylation sites (N-methyl/N-ethyl adjacent to an activating group) is 1. The van der Waals surface area contributed by atoms with E-state index in [1.807, 2.05) is 0 Å². The van der Waals surface area contributed by atoms with Gasteiger partial charge in [-0.25, -0.2) is 23.9 Å². The summed E-state index contributed by atoms with van der Waals surface area (Å²) >= 11 is 0. The van der Waals surface area contributed by atoms with Crippen molar-refractivity contribution in [3.8, 4) is 0 Å². The van der Waals surface area contributed by atoms with Crippen LogP contribution in [0, 0.1) is 0 Å². The number of nitrogens with zero attached hydrogens (tertiary/aromatic N) is 4. The van der Waals surface area contributed by atoms with Crippen molar-refractivity contribution in [2.75, 3.05) is 25.0 Å². The average Bonchev–Trinajstić information content (AvgIpc) is 2.86. The zero-order valence-electron chi connectivity index (χ0n) is 14.1. The number of amides is 1. The molecule has 1 N–H and O–H groups in total. The van der Waals surface area contributed by atoms with Gasteiger partial charge in [-0.2, -0.15) is 0 Å². The molecular weight excluding hydrogens is 319 g/mol. The molecule has 2 rings (SSSR count). The zero-order valence-corrected chi connectivity index (χ0v) is 14.1. The maximum absolute atomic E-state index is 14.3. The first-order valence-electron chi connectivity index (χ1n) is 7.48. The molecule has 0 spiro atoms. The molecule has 8 nitrogen and oxygen atoms in total. The van der Waals surface area contributed by atoms with Crippen LogP contribution in [0.15, 0.2) is 12.4 Å². The van der Waals surface area contributed by atoms with Crippen molar-refractivity contribution in [3.05, 3.63) is 18.1 Å². The summed E-state index contributed by atoms with van der Waals surface area (Å²) in [4.78, 5) is 33.5. The highest BCUT2D eigenvalue weighted by atomic mass is 19.1. The summed E-state index contributed by atoms with van der Waals surface area (Å²) in [5, 5.41) is 8.82. The van der Waals surface area contributed by atoms with Gasteiger partial charge >= 0.3 is 12.1 Å². The fourth-order valence-electron chi connectivity index (χ4n) is 2.36. The van der Waals surface area contributed by atoms with Crippen LogP contribution in [0.5, 0.6) is 0 Å². The Morgan fingerprint density at radius 3 is 2.50 bits per heavy atom. The van der Waals surface area contributed by atoms with Gasteiger partial charge in [0.05, 0.1) is 25.0 Å². The summed E-state index contributed by atoms with van der Waals surface area (Å²) in [7, 11) is 1.49. The maximum atomic E-state index is 14.3. The number of halogens is 1. The van der Waals surface area contributed by atoms with E-state index in [-0.39, 0.29) is 18.8 Å². The van der Waals surface area contributed by atoms with Gasteiger partial charge in [0.2, 0.25) is 0 Å². The Balaban J connectivity index is 2.06. The summed E-state index contributed by atoms with van der Waals surface area (Å²) in [6, 6.07) is -0.680. The fraction of sp³-hybridized carbons (Fsp3) is 0.600. The highest BCUT2D eigenvalue weighted by molar-refractivity contribution is 5.84. The van der Waals surface area contributed by atoms with E-state index in [0.29, 0.717) is 5.82 Å². The van der Waals surface area contributed by atoms with Gasteiger partial charge in [0.1, 0.15) is 17.6 Å². The Kier molecular flexibility index (Phi) is 4.91. The Morgan fingerprint density at radius 1 is 1.33 bits per heavy atom. The van der Waals surface area contributed by atoms with Crippen LogP contribution in [0.4, 0.5) is 15.0 Å². The Bertz CT molecular complexity index is 617. The number of hydrogen-bond acceptors (Lipinski definition) is 6. The Labute approximate surface area is 139 Å². The molecule has 1 aliphatic heterocycles. The molecule has 0 aromatic carbocycles. The molecule has 1 saturated heterocycles. The average molecular weight is 340 g/mol. The lowest BCUT2D eigenvalue weighted by Crippen LogP contribution is -2.45. The second kappa shape index (κ2) is 6.58. The van der Waals surface area contributed by atoms with Gasteiger partial charge in [0.25, 0.3) is 0 Å². The lowest BCUT2D eigenvalue weighted by Gasteiger charge is -2.29. The molecule has 1 aromatic heterocycles.